The molecule has 1 saturated heterocycles. The first-order valence-corrected chi connectivity index (χ1v) is 9.63. The van der Waals surface area contributed by atoms with Gasteiger partial charge < -0.3 is 21.3 Å². The average molecular weight is 352 g/mol. The van der Waals surface area contributed by atoms with Crippen molar-refractivity contribution in [1.29, 1.82) is 0 Å². The molecule has 0 aromatic carbocycles. The molecule has 1 aliphatic rings. The van der Waals surface area contributed by atoms with Gasteiger partial charge in [0.25, 0.3) is 0 Å². The minimum Gasteiger partial charge on any atom is -0.369 e. The number of aliphatic imine (C=N–C) groups is 1. The van der Waals surface area contributed by atoms with E-state index in [9.17, 15) is 4.79 Å². The second kappa shape index (κ2) is 10.3. The fourth-order valence-electron chi connectivity index (χ4n) is 2.90. The van der Waals surface area contributed by atoms with E-state index in [4.69, 9.17) is 5.73 Å². The number of carbonyl (C=O) groups excluding carboxylic acids is 1. The van der Waals surface area contributed by atoms with Gasteiger partial charge in [-0.25, -0.2) is 4.99 Å². The zero-order valence-electron chi connectivity index (χ0n) is 14.5. The van der Waals surface area contributed by atoms with Crippen LogP contribution in [0.5, 0.6) is 0 Å². The number of primary amides is 1. The van der Waals surface area contributed by atoms with Crippen molar-refractivity contribution in [2.24, 2.45) is 16.6 Å². The van der Waals surface area contributed by atoms with Crippen LogP contribution in [0, 0.1) is 5.92 Å². The highest BCUT2D eigenvalue weighted by Crippen LogP contribution is 2.15. The van der Waals surface area contributed by atoms with E-state index in [1.807, 2.05) is 6.07 Å². The van der Waals surface area contributed by atoms with Gasteiger partial charge in [0.05, 0.1) is 12.5 Å². The van der Waals surface area contributed by atoms with Crippen LogP contribution in [0.4, 0.5) is 0 Å². The van der Waals surface area contributed by atoms with Crippen LogP contribution in [0.2, 0.25) is 0 Å². The number of nitrogens with zero attached hydrogens (tertiary/aromatic N) is 2. The zero-order valence-corrected chi connectivity index (χ0v) is 15.3. The summed E-state index contributed by atoms with van der Waals surface area (Å²) in [6, 6.07) is 4.15. The number of rotatable bonds is 8. The van der Waals surface area contributed by atoms with Gasteiger partial charge in [0.15, 0.2) is 5.96 Å². The van der Waals surface area contributed by atoms with Crippen LogP contribution < -0.4 is 16.4 Å². The molecule has 0 radical (unpaired) electrons. The van der Waals surface area contributed by atoms with Gasteiger partial charge in [-0.05, 0) is 50.7 Å². The number of nitrogens with one attached hydrogen (secondary N) is 2. The molecule has 1 aromatic rings. The summed E-state index contributed by atoms with van der Waals surface area (Å²) in [4.78, 5) is 19.5. The predicted octanol–water partition coefficient (Wildman–Crippen LogP) is 1.39. The molecule has 0 bridgehead atoms. The molecule has 1 atom stereocenters. The van der Waals surface area contributed by atoms with E-state index in [0.717, 1.165) is 57.9 Å². The molecule has 1 aliphatic heterocycles. The zero-order chi connectivity index (χ0) is 17.2. The maximum absolute atomic E-state index is 11.3. The summed E-state index contributed by atoms with van der Waals surface area (Å²) in [6.45, 7) is 7.36. The number of piperidine rings is 1. The van der Waals surface area contributed by atoms with Crippen LogP contribution in [0.3, 0.4) is 0 Å². The highest BCUT2D eigenvalue weighted by atomic mass is 32.1. The van der Waals surface area contributed by atoms with Crippen LogP contribution >= 0.6 is 11.3 Å². The molecule has 7 heteroatoms. The fourth-order valence-corrected chi connectivity index (χ4v) is 3.53. The molecule has 4 N–H and O–H groups in total. The maximum atomic E-state index is 11.3. The third-order valence-electron chi connectivity index (χ3n) is 4.17. The fraction of sp³-hybridized carbons (Fsp3) is 0.647. The topological polar surface area (TPSA) is 82.8 Å². The number of guanidine groups is 1. The molecule has 134 valence electrons. The number of nitrogens with two attached hydrogens (primary N) is 1. The first-order chi connectivity index (χ1) is 11.7. The minimum atomic E-state index is -0.159. The first-order valence-electron chi connectivity index (χ1n) is 8.75. The molecule has 6 nitrogen and oxygen atoms in total. The van der Waals surface area contributed by atoms with Crippen molar-refractivity contribution in [2.75, 3.05) is 32.7 Å². The number of amides is 1. The second-order valence-electron chi connectivity index (χ2n) is 6.10. The SMILES string of the molecule is CCNC(=NCc1cccs1)NCCCN1CCCC(C(N)=O)C1. The number of thiophene rings is 1. The summed E-state index contributed by atoms with van der Waals surface area (Å²) < 4.78 is 0. The van der Waals surface area contributed by atoms with Gasteiger partial charge in [-0.3, -0.25) is 4.79 Å². The monoisotopic (exact) mass is 351 g/mol. The molecular weight excluding hydrogens is 322 g/mol. The average Bonchev–Trinajstić information content (AvgIpc) is 3.10. The molecular formula is C17H29N5OS. The van der Waals surface area contributed by atoms with Crippen molar-refractivity contribution >= 4 is 23.2 Å². The van der Waals surface area contributed by atoms with E-state index >= 15 is 0 Å². The number of likely N-dealkylation sites (tertiary alicyclic amines) is 1. The standard InChI is InChI=1S/C17H29N5OS/c1-2-19-17(21-12-15-7-4-11-24-15)20-8-5-10-22-9-3-6-14(13-22)16(18)23/h4,7,11,14H,2-3,5-6,8-10,12-13H2,1H3,(H2,18,23)(H2,19,20,21). The van der Waals surface area contributed by atoms with Gasteiger partial charge in [0.2, 0.25) is 5.91 Å². The summed E-state index contributed by atoms with van der Waals surface area (Å²) in [5.74, 6) is 0.726. The van der Waals surface area contributed by atoms with Crippen molar-refractivity contribution in [2.45, 2.75) is 32.7 Å². The van der Waals surface area contributed by atoms with Crippen molar-refractivity contribution < 1.29 is 4.79 Å². The summed E-state index contributed by atoms with van der Waals surface area (Å²) in [6.07, 6.45) is 3.02. The van der Waals surface area contributed by atoms with Crippen LogP contribution in [0.25, 0.3) is 0 Å². The van der Waals surface area contributed by atoms with Crippen LogP contribution in [0.15, 0.2) is 22.5 Å². The number of carbonyl (C=O) groups is 1. The van der Waals surface area contributed by atoms with Gasteiger partial charge in [-0.1, -0.05) is 6.07 Å². The van der Waals surface area contributed by atoms with E-state index in [2.05, 4.69) is 38.9 Å². The molecule has 2 rings (SSSR count). The molecule has 0 saturated carbocycles. The third kappa shape index (κ3) is 6.49. The Morgan fingerprint density at radius 3 is 3.08 bits per heavy atom. The van der Waals surface area contributed by atoms with E-state index < -0.39 is 0 Å². The summed E-state index contributed by atoms with van der Waals surface area (Å²) in [5.41, 5.74) is 5.43. The molecule has 24 heavy (non-hydrogen) atoms. The predicted molar refractivity (Wildman–Crippen MR) is 100 cm³/mol. The number of hydrogen-bond acceptors (Lipinski definition) is 4. The molecule has 1 aromatic heterocycles. The molecule has 0 spiro atoms. The van der Waals surface area contributed by atoms with E-state index in [1.165, 1.54) is 4.88 Å². The minimum absolute atomic E-state index is 0.0244. The highest BCUT2D eigenvalue weighted by Gasteiger charge is 2.23. The number of hydrogen-bond donors (Lipinski definition) is 3. The lowest BCUT2D eigenvalue weighted by molar-refractivity contribution is -0.123. The van der Waals surface area contributed by atoms with Gasteiger partial charge >= 0.3 is 0 Å². The maximum Gasteiger partial charge on any atom is 0.221 e. The highest BCUT2D eigenvalue weighted by molar-refractivity contribution is 7.09. The Hall–Kier alpha value is -1.60. The lowest BCUT2D eigenvalue weighted by Crippen LogP contribution is -2.43. The molecule has 1 amide bonds. The Balaban J connectivity index is 1.68. The second-order valence-corrected chi connectivity index (χ2v) is 7.13. The smallest absolute Gasteiger partial charge is 0.221 e. The van der Waals surface area contributed by atoms with Gasteiger partial charge in [-0.2, -0.15) is 0 Å². The summed E-state index contributed by atoms with van der Waals surface area (Å²) in [7, 11) is 0. The third-order valence-corrected chi connectivity index (χ3v) is 5.03. The lowest BCUT2D eigenvalue weighted by Gasteiger charge is -2.31. The van der Waals surface area contributed by atoms with Gasteiger partial charge in [0, 0.05) is 24.5 Å². The van der Waals surface area contributed by atoms with E-state index in [1.54, 1.807) is 11.3 Å². The Bertz CT molecular complexity index is 517. The molecule has 0 aliphatic carbocycles. The first kappa shape index (κ1) is 18.7. The Kier molecular flexibility index (Phi) is 8.04. The van der Waals surface area contributed by atoms with Crippen molar-refractivity contribution in [3.63, 3.8) is 0 Å². The van der Waals surface area contributed by atoms with E-state index in [-0.39, 0.29) is 11.8 Å². The molecule has 1 unspecified atom stereocenters. The van der Waals surface area contributed by atoms with Gasteiger partial charge in [0.1, 0.15) is 0 Å². The lowest BCUT2D eigenvalue weighted by atomic mass is 9.97. The Morgan fingerprint density at radius 1 is 1.50 bits per heavy atom. The largest absolute Gasteiger partial charge is 0.369 e. The Labute approximate surface area is 148 Å². The van der Waals surface area contributed by atoms with Crippen molar-refractivity contribution in [3.05, 3.63) is 22.4 Å². The van der Waals surface area contributed by atoms with Crippen molar-refractivity contribution in [3.8, 4) is 0 Å². The molecule has 1 fully saturated rings. The van der Waals surface area contributed by atoms with Crippen LogP contribution in [-0.2, 0) is 11.3 Å². The summed E-state index contributed by atoms with van der Waals surface area (Å²) >= 11 is 1.73. The Morgan fingerprint density at radius 2 is 2.38 bits per heavy atom. The normalized spacial score (nSPS) is 19.2. The van der Waals surface area contributed by atoms with Crippen LogP contribution in [-0.4, -0.2) is 49.5 Å². The van der Waals surface area contributed by atoms with Crippen LogP contribution in [0.1, 0.15) is 31.1 Å². The van der Waals surface area contributed by atoms with E-state index in [0.29, 0.717) is 6.54 Å². The molecule has 2 heterocycles. The quantitative estimate of drug-likeness (QED) is 0.375. The van der Waals surface area contributed by atoms with Gasteiger partial charge in [-0.15, -0.1) is 11.3 Å². The van der Waals surface area contributed by atoms with Crippen molar-refractivity contribution in [1.82, 2.24) is 15.5 Å². The summed E-state index contributed by atoms with van der Waals surface area (Å²) in [5, 5.41) is 8.73.